The molecule has 0 radical (unpaired) electrons. The molecule has 1 amide bonds. The van der Waals surface area contributed by atoms with Gasteiger partial charge in [0.25, 0.3) is 0 Å². The molecule has 2 aromatic rings. The first-order valence-corrected chi connectivity index (χ1v) is 9.89. The van der Waals surface area contributed by atoms with Crippen LogP contribution in [-0.2, 0) is 11.2 Å². The second-order valence-electron chi connectivity index (χ2n) is 6.49. The first-order chi connectivity index (χ1) is 12.7. The largest absolute Gasteiger partial charge is 0.493 e. The number of hydrogen-bond acceptors (Lipinski definition) is 5. The van der Waals surface area contributed by atoms with Crippen molar-refractivity contribution in [3.8, 4) is 11.5 Å². The van der Waals surface area contributed by atoms with Gasteiger partial charge in [0.15, 0.2) is 11.5 Å². The molecular formula is C20H26N2O3S. The topological polar surface area (TPSA) is 50.8 Å². The van der Waals surface area contributed by atoms with Crippen molar-refractivity contribution in [1.29, 1.82) is 0 Å². The summed E-state index contributed by atoms with van der Waals surface area (Å²) in [5.74, 6) is 1.34. The molecule has 1 aromatic carbocycles. The predicted octanol–water partition coefficient (Wildman–Crippen LogP) is 3.26. The standard InChI is InChI=1S/C20H26N2O3S/c1-24-18-6-5-15(11-19(18)25-2)12-20(23)21-13-17(16-7-10-26-14-16)22-8-3-4-9-22/h5-7,10-11,14,17H,3-4,8-9,12-13H2,1-2H3,(H,21,23)/t17-/m1/s1. The quantitative estimate of drug-likeness (QED) is 0.771. The molecule has 140 valence electrons. The number of benzene rings is 1. The number of nitrogens with one attached hydrogen (secondary N) is 1. The molecule has 1 fully saturated rings. The molecule has 1 aromatic heterocycles. The normalized spacial score (nSPS) is 15.6. The molecule has 0 aliphatic carbocycles. The van der Waals surface area contributed by atoms with Gasteiger partial charge < -0.3 is 14.8 Å². The molecule has 6 heteroatoms. The summed E-state index contributed by atoms with van der Waals surface area (Å²) in [6.45, 7) is 2.85. The Labute approximate surface area is 158 Å². The number of carbonyl (C=O) groups is 1. The van der Waals surface area contributed by atoms with Crippen LogP contribution in [0.25, 0.3) is 0 Å². The highest BCUT2D eigenvalue weighted by Crippen LogP contribution is 2.28. The lowest BCUT2D eigenvalue weighted by Gasteiger charge is -2.27. The van der Waals surface area contributed by atoms with Crippen molar-refractivity contribution in [2.75, 3.05) is 33.9 Å². The lowest BCUT2D eigenvalue weighted by Crippen LogP contribution is -2.37. The summed E-state index contributed by atoms with van der Waals surface area (Å²) in [5, 5.41) is 7.40. The minimum atomic E-state index is 0.0247. The number of likely N-dealkylation sites (tertiary alicyclic amines) is 1. The number of hydrogen-bond donors (Lipinski definition) is 1. The molecule has 5 nitrogen and oxygen atoms in total. The van der Waals surface area contributed by atoms with E-state index < -0.39 is 0 Å². The molecule has 2 heterocycles. The second kappa shape index (κ2) is 9.05. The van der Waals surface area contributed by atoms with E-state index in [9.17, 15) is 4.79 Å². The van der Waals surface area contributed by atoms with Crippen LogP contribution in [0.3, 0.4) is 0 Å². The summed E-state index contributed by atoms with van der Waals surface area (Å²) in [6, 6.07) is 8.01. The van der Waals surface area contributed by atoms with E-state index in [1.165, 1.54) is 18.4 Å². The van der Waals surface area contributed by atoms with Gasteiger partial charge in [0.05, 0.1) is 26.7 Å². The van der Waals surface area contributed by atoms with E-state index in [0.29, 0.717) is 24.5 Å². The van der Waals surface area contributed by atoms with Crippen LogP contribution in [0.4, 0.5) is 0 Å². The summed E-state index contributed by atoms with van der Waals surface area (Å²) in [6.07, 6.45) is 2.80. The highest BCUT2D eigenvalue weighted by Gasteiger charge is 2.24. The summed E-state index contributed by atoms with van der Waals surface area (Å²) >= 11 is 1.71. The third kappa shape index (κ3) is 4.56. The molecular weight excluding hydrogens is 348 g/mol. The SMILES string of the molecule is COc1ccc(CC(=O)NC[C@H](c2ccsc2)N2CCCC2)cc1OC. The molecule has 3 rings (SSSR count). The molecule has 0 bridgehead atoms. The lowest BCUT2D eigenvalue weighted by atomic mass is 10.1. The van der Waals surface area contributed by atoms with Crippen molar-refractivity contribution < 1.29 is 14.3 Å². The van der Waals surface area contributed by atoms with E-state index in [4.69, 9.17) is 9.47 Å². The molecule has 1 aliphatic heterocycles. The molecule has 1 atom stereocenters. The Kier molecular flexibility index (Phi) is 6.52. The van der Waals surface area contributed by atoms with Crippen LogP contribution in [0.5, 0.6) is 11.5 Å². The van der Waals surface area contributed by atoms with E-state index >= 15 is 0 Å². The van der Waals surface area contributed by atoms with Gasteiger partial charge in [-0.2, -0.15) is 11.3 Å². The molecule has 0 saturated carbocycles. The van der Waals surface area contributed by atoms with E-state index in [0.717, 1.165) is 18.7 Å². The third-order valence-electron chi connectivity index (χ3n) is 4.81. The van der Waals surface area contributed by atoms with Crippen LogP contribution < -0.4 is 14.8 Å². The summed E-state index contributed by atoms with van der Waals surface area (Å²) < 4.78 is 10.6. The van der Waals surface area contributed by atoms with Crippen LogP contribution in [0.15, 0.2) is 35.0 Å². The number of carbonyl (C=O) groups excluding carboxylic acids is 1. The Bertz CT molecular complexity index is 712. The minimum Gasteiger partial charge on any atom is -0.493 e. The van der Waals surface area contributed by atoms with Gasteiger partial charge in [-0.15, -0.1) is 0 Å². The van der Waals surface area contributed by atoms with Gasteiger partial charge in [-0.05, 0) is 66.0 Å². The minimum absolute atomic E-state index is 0.0247. The number of nitrogens with zero attached hydrogens (tertiary/aromatic N) is 1. The van der Waals surface area contributed by atoms with Crippen molar-refractivity contribution >= 4 is 17.2 Å². The summed E-state index contributed by atoms with van der Waals surface area (Å²) in [4.78, 5) is 14.9. The Hall–Kier alpha value is -2.05. The first-order valence-electron chi connectivity index (χ1n) is 8.95. The van der Waals surface area contributed by atoms with Crippen molar-refractivity contribution in [2.24, 2.45) is 0 Å². The second-order valence-corrected chi connectivity index (χ2v) is 7.27. The number of ether oxygens (including phenoxy) is 2. The highest BCUT2D eigenvalue weighted by molar-refractivity contribution is 7.07. The fraction of sp³-hybridized carbons (Fsp3) is 0.450. The number of methoxy groups -OCH3 is 2. The first kappa shape index (κ1) is 18.7. The number of thiophene rings is 1. The summed E-state index contributed by atoms with van der Waals surface area (Å²) in [5.41, 5.74) is 2.21. The van der Waals surface area contributed by atoms with Gasteiger partial charge in [-0.3, -0.25) is 9.69 Å². The van der Waals surface area contributed by atoms with E-state index in [1.807, 2.05) is 18.2 Å². The zero-order valence-electron chi connectivity index (χ0n) is 15.4. The van der Waals surface area contributed by atoms with Gasteiger partial charge in [-0.1, -0.05) is 6.07 Å². The van der Waals surface area contributed by atoms with Gasteiger partial charge in [0, 0.05) is 6.54 Å². The van der Waals surface area contributed by atoms with Gasteiger partial charge in [-0.25, -0.2) is 0 Å². The number of amides is 1. The lowest BCUT2D eigenvalue weighted by molar-refractivity contribution is -0.120. The van der Waals surface area contributed by atoms with Crippen LogP contribution in [0.2, 0.25) is 0 Å². The van der Waals surface area contributed by atoms with Gasteiger partial charge >= 0.3 is 0 Å². The van der Waals surface area contributed by atoms with Gasteiger partial charge in [0.2, 0.25) is 5.91 Å². The Morgan fingerprint density at radius 2 is 1.96 bits per heavy atom. The monoisotopic (exact) mass is 374 g/mol. The molecule has 0 spiro atoms. The average molecular weight is 375 g/mol. The predicted molar refractivity (Wildman–Crippen MR) is 104 cm³/mol. The Morgan fingerprint density at radius 1 is 1.19 bits per heavy atom. The van der Waals surface area contributed by atoms with E-state index in [-0.39, 0.29) is 11.9 Å². The van der Waals surface area contributed by atoms with Crippen LogP contribution >= 0.6 is 11.3 Å². The summed E-state index contributed by atoms with van der Waals surface area (Å²) in [7, 11) is 3.20. The molecule has 1 N–H and O–H groups in total. The zero-order chi connectivity index (χ0) is 18.4. The van der Waals surface area contributed by atoms with E-state index in [1.54, 1.807) is 25.6 Å². The third-order valence-corrected chi connectivity index (χ3v) is 5.52. The molecule has 26 heavy (non-hydrogen) atoms. The van der Waals surface area contributed by atoms with Crippen LogP contribution in [0.1, 0.15) is 30.0 Å². The van der Waals surface area contributed by atoms with Crippen molar-refractivity contribution in [2.45, 2.75) is 25.3 Å². The van der Waals surface area contributed by atoms with Crippen LogP contribution in [-0.4, -0.2) is 44.7 Å². The molecule has 0 unspecified atom stereocenters. The van der Waals surface area contributed by atoms with Crippen molar-refractivity contribution in [3.05, 3.63) is 46.2 Å². The maximum Gasteiger partial charge on any atom is 0.224 e. The Morgan fingerprint density at radius 3 is 2.62 bits per heavy atom. The maximum atomic E-state index is 12.5. The van der Waals surface area contributed by atoms with Crippen LogP contribution in [0, 0.1) is 0 Å². The van der Waals surface area contributed by atoms with Crippen molar-refractivity contribution in [3.63, 3.8) is 0 Å². The Balaban J connectivity index is 1.60. The average Bonchev–Trinajstić information content (AvgIpc) is 3.36. The molecule has 1 aliphatic rings. The van der Waals surface area contributed by atoms with Gasteiger partial charge in [0.1, 0.15) is 0 Å². The molecule has 1 saturated heterocycles. The van der Waals surface area contributed by atoms with E-state index in [2.05, 4.69) is 27.0 Å². The zero-order valence-corrected chi connectivity index (χ0v) is 16.2. The number of rotatable bonds is 8. The fourth-order valence-electron chi connectivity index (χ4n) is 3.42. The smallest absolute Gasteiger partial charge is 0.224 e. The fourth-order valence-corrected chi connectivity index (χ4v) is 4.13. The van der Waals surface area contributed by atoms with Crippen molar-refractivity contribution in [1.82, 2.24) is 10.2 Å². The highest BCUT2D eigenvalue weighted by atomic mass is 32.1. The maximum absolute atomic E-state index is 12.5.